The van der Waals surface area contributed by atoms with Crippen LogP contribution in [0.3, 0.4) is 0 Å². The van der Waals surface area contributed by atoms with Crippen LogP contribution in [-0.4, -0.2) is 96.7 Å². The Morgan fingerprint density at radius 1 is 0.269 bits per heavy atom. The summed E-state index contributed by atoms with van der Waals surface area (Å²) in [5, 5.41) is 10.7. The van der Waals surface area contributed by atoms with Crippen molar-refractivity contribution in [2.75, 3.05) is 39.6 Å². The number of unbranched alkanes of at least 4 members (excludes halogenated alkanes) is 25. The van der Waals surface area contributed by atoms with Gasteiger partial charge in [-0.3, -0.25) is 37.3 Å². The van der Waals surface area contributed by atoms with E-state index in [1.165, 1.54) is 19.3 Å². The number of phosphoric acid groups is 2. The smallest absolute Gasteiger partial charge is 0.462 e. The maximum Gasteiger partial charge on any atom is 0.472 e. The minimum atomic E-state index is -5.00. The summed E-state index contributed by atoms with van der Waals surface area (Å²) in [5.41, 5.74) is 0. The molecule has 0 aromatic carbocycles. The molecule has 0 saturated carbocycles. The summed E-state index contributed by atoms with van der Waals surface area (Å²) >= 11 is 0. The number of rotatable bonds is 77. The van der Waals surface area contributed by atoms with Crippen molar-refractivity contribution in [2.45, 2.75) is 341 Å². The lowest BCUT2D eigenvalue weighted by atomic mass is 10.1. The highest BCUT2D eigenvalue weighted by molar-refractivity contribution is 7.47. The SMILES string of the molecule is CC/C=C\C/C=C\C/C=C\C/C=C\CCCCCCCCC(=O)OCC(COP(=O)(O)OCC(O)COP(=O)(O)OCC(COC(=O)CCCCCC/C=C\C/C=C\C/C=C\C/C=C\CC)OC(=O)CCCCCCC/C=C\C/C=C\CCCCC)OC(=O)CCCCCCCCC/C=C\C/C=C\C/C=C\CC. The number of ether oxygens (including phenoxy) is 4. The molecule has 0 amide bonds. The molecule has 0 rings (SSSR count). The summed E-state index contributed by atoms with van der Waals surface area (Å²) in [5.74, 6) is -2.24. The summed E-state index contributed by atoms with van der Waals surface area (Å²) in [6.07, 6.45) is 93.4. The molecule has 5 atom stereocenters. The molecule has 19 heteroatoms. The molecule has 0 heterocycles. The predicted molar refractivity (Wildman–Crippen MR) is 445 cm³/mol. The van der Waals surface area contributed by atoms with E-state index in [2.05, 4.69) is 186 Å². The molecule has 5 unspecified atom stereocenters. The van der Waals surface area contributed by atoms with Crippen LogP contribution in [0, 0.1) is 0 Å². The van der Waals surface area contributed by atoms with Crippen molar-refractivity contribution in [3.63, 3.8) is 0 Å². The fourth-order valence-corrected chi connectivity index (χ4v) is 12.3. The molecule has 3 N–H and O–H groups in total. The van der Waals surface area contributed by atoms with E-state index in [9.17, 15) is 43.2 Å². The van der Waals surface area contributed by atoms with Gasteiger partial charge in [0.25, 0.3) is 0 Å². The van der Waals surface area contributed by atoms with Gasteiger partial charge in [0.1, 0.15) is 19.3 Å². The lowest BCUT2D eigenvalue weighted by molar-refractivity contribution is -0.161. The van der Waals surface area contributed by atoms with Crippen LogP contribution in [0.5, 0.6) is 0 Å². The highest BCUT2D eigenvalue weighted by Gasteiger charge is 2.30. The van der Waals surface area contributed by atoms with Gasteiger partial charge in [0.2, 0.25) is 0 Å². The Labute approximate surface area is 655 Å². The first-order valence-electron chi connectivity index (χ1n) is 41.7. The van der Waals surface area contributed by atoms with E-state index < -0.39 is 97.5 Å². The van der Waals surface area contributed by atoms with Crippen molar-refractivity contribution in [3.8, 4) is 0 Å². The highest BCUT2D eigenvalue weighted by atomic mass is 31.2. The topological polar surface area (TPSA) is 237 Å². The number of hydrogen-bond donors (Lipinski definition) is 3. The van der Waals surface area contributed by atoms with Crippen LogP contribution in [0.1, 0.15) is 323 Å². The number of hydrogen-bond acceptors (Lipinski definition) is 15. The second-order valence-electron chi connectivity index (χ2n) is 27.3. The molecular formula is C89H148O17P2. The van der Waals surface area contributed by atoms with E-state index in [1.54, 1.807) is 0 Å². The second kappa shape index (κ2) is 79.8. The molecular weight excluding hydrogens is 1400 g/mol. The molecule has 0 saturated heterocycles. The third-order valence-corrected chi connectivity index (χ3v) is 18.9. The molecule has 0 aliphatic rings. The minimum Gasteiger partial charge on any atom is -0.462 e. The Kier molecular flexibility index (Phi) is 75.8. The third-order valence-electron chi connectivity index (χ3n) is 17.0. The van der Waals surface area contributed by atoms with E-state index in [0.29, 0.717) is 25.7 Å². The van der Waals surface area contributed by atoms with Crippen molar-refractivity contribution in [1.82, 2.24) is 0 Å². The number of esters is 4. The molecule has 108 heavy (non-hydrogen) atoms. The largest absolute Gasteiger partial charge is 0.472 e. The molecule has 616 valence electrons. The van der Waals surface area contributed by atoms with Gasteiger partial charge in [-0.05, 0) is 167 Å². The van der Waals surface area contributed by atoms with Gasteiger partial charge in [-0.15, -0.1) is 0 Å². The summed E-state index contributed by atoms with van der Waals surface area (Å²) in [7, 11) is -9.99. The van der Waals surface area contributed by atoms with Crippen molar-refractivity contribution >= 4 is 39.5 Å². The Balaban J connectivity index is 5.43. The fraction of sp³-hybridized carbons (Fsp3) is 0.663. The Morgan fingerprint density at radius 2 is 0.481 bits per heavy atom. The van der Waals surface area contributed by atoms with Gasteiger partial charge >= 0.3 is 39.5 Å². The molecule has 0 aliphatic carbocycles. The number of aliphatic hydroxyl groups excluding tert-OH is 1. The maximum atomic E-state index is 13.1. The van der Waals surface area contributed by atoms with Crippen LogP contribution in [0.25, 0.3) is 0 Å². The summed E-state index contributed by atoms with van der Waals surface area (Å²) in [6, 6.07) is 0. The van der Waals surface area contributed by atoms with Gasteiger partial charge in [-0.1, -0.05) is 288 Å². The molecule has 0 aromatic rings. The normalized spacial score (nSPS) is 14.6. The second-order valence-corrected chi connectivity index (χ2v) is 30.2. The molecule has 0 radical (unpaired) electrons. The van der Waals surface area contributed by atoms with Gasteiger partial charge in [-0.2, -0.15) is 0 Å². The van der Waals surface area contributed by atoms with E-state index in [1.807, 2.05) is 0 Å². The summed E-state index contributed by atoms with van der Waals surface area (Å²) in [6.45, 7) is 4.46. The lowest BCUT2D eigenvalue weighted by Crippen LogP contribution is -2.30. The fourth-order valence-electron chi connectivity index (χ4n) is 10.7. The number of carbonyl (C=O) groups excluding carboxylic acids is 4. The standard InChI is InChI=1S/C89H148O17P2/c1-5-9-13-17-21-25-29-33-37-40-41-44-47-50-54-58-62-66-70-74-87(92)100-80-85(106-89(94)76-72-68-64-60-56-52-48-43-39-35-31-27-23-19-15-11-7-3)82-104-108(97,98)102-78-83(90)77-101-107(95,96)103-81-84(105-88(93)75-71-67-63-59-55-51-45-36-32-28-24-20-16-12-8-4)79-99-86(91)73-69-65-61-57-53-49-46-42-38-34-30-26-22-18-14-10-6-2/h9-11,13-15,21-28,33-39,41,44-46,49,83-85,90H,5-8,12,16-20,29-32,40,42-43,47-48,50-82H2,1-4H3,(H,95,96)(H,97,98)/b13-9-,14-10-,15-11-,25-21-,26-22-,27-23-,28-24-,37-33-,38-34-,39-35-,44-41-,45-36-,49-46-. The Hall–Kier alpha value is -5.32. The monoisotopic (exact) mass is 1550 g/mol. The van der Waals surface area contributed by atoms with Crippen LogP contribution < -0.4 is 0 Å². The van der Waals surface area contributed by atoms with Gasteiger partial charge in [0.05, 0.1) is 26.4 Å². The quantitative estimate of drug-likeness (QED) is 0.0169. The Morgan fingerprint density at radius 3 is 0.741 bits per heavy atom. The average molecular weight is 1550 g/mol. The van der Waals surface area contributed by atoms with Gasteiger partial charge in [0, 0.05) is 25.7 Å². The van der Waals surface area contributed by atoms with Crippen LogP contribution in [-0.2, 0) is 65.4 Å². The summed E-state index contributed by atoms with van der Waals surface area (Å²) < 4.78 is 68.7. The predicted octanol–water partition coefficient (Wildman–Crippen LogP) is 24.8. The summed E-state index contributed by atoms with van der Waals surface area (Å²) in [4.78, 5) is 73.2. The molecule has 0 aromatic heterocycles. The minimum absolute atomic E-state index is 0.0689. The van der Waals surface area contributed by atoms with Crippen molar-refractivity contribution in [1.29, 1.82) is 0 Å². The van der Waals surface area contributed by atoms with E-state index in [0.717, 1.165) is 225 Å². The molecule has 0 spiro atoms. The van der Waals surface area contributed by atoms with Gasteiger partial charge < -0.3 is 33.8 Å². The molecule has 0 aliphatic heterocycles. The number of aliphatic hydroxyl groups is 1. The highest BCUT2D eigenvalue weighted by Crippen LogP contribution is 2.45. The van der Waals surface area contributed by atoms with Crippen LogP contribution in [0.15, 0.2) is 158 Å². The van der Waals surface area contributed by atoms with E-state index >= 15 is 0 Å². The first kappa shape index (κ1) is 103. The zero-order valence-electron chi connectivity index (χ0n) is 67.5. The van der Waals surface area contributed by atoms with Crippen molar-refractivity contribution in [3.05, 3.63) is 158 Å². The van der Waals surface area contributed by atoms with E-state index in [-0.39, 0.29) is 25.7 Å². The van der Waals surface area contributed by atoms with Crippen LogP contribution >= 0.6 is 15.6 Å². The average Bonchev–Trinajstić information content (AvgIpc) is 0.906. The molecule has 0 fully saturated rings. The van der Waals surface area contributed by atoms with Gasteiger partial charge in [-0.25, -0.2) is 9.13 Å². The van der Waals surface area contributed by atoms with Gasteiger partial charge in [0.15, 0.2) is 12.2 Å². The zero-order valence-corrected chi connectivity index (χ0v) is 69.3. The number of phosphoric ester groups is 2. The molecule has 17 nitrogen and oxygen atoms in total. The van der Waals surface area contributed by atoms with Crippen molar-refractivity contribution < 1.29 is 80.2 Å². The lowest BCUT2D eigenvalue weighted by Gasteiger charge is -2.21. The molecule has 0 bridgehead atoms. The zero-order chi connectivity index (χ0) is 78.9. The maximum absolute atomic E-state index is 13.1. The van der Waals surface area contributed by atoms with E-state index in [4.69, 9.17) is 37.0 Å². The number of allylic oxidation sites excluding steroid dienone is 26. The van der Waals surface area contributed by atoms with Crippen molar-refractivity contribution in [2.24, 2.45) is 0 Å². The first-order valence-corrected chi connectivity index (χ1v) is 44.7. The Bertz CT molecular complexity index is 2660. The first-order chi connectivity index (χ1) is 52.7. The number of carbonyl (C=O) groups is 4. The third kappa shape index (κ3) is 78.8. The van der Waals surface area contributed by atoms with Crippen LogP contribution in [0.4, 0.5) is 0 Å². The van der Waals surface area contributed by atoms with Crippen LogP contribution in [0.2, 0.25) is 0 Å².